The van der Waals surface area contributed by atoms with Crippen molar-refractivity contribution in [3.8, 4) is 0 Å². The molecule has 4 heteroatoms. The highest BCUT2D eigenvalue weighted by atomic mass is 16.2. The van der Waals surface area contributed by atoms with Gasteiger partial charge in [-0.15, -0.1) is 5.11 Å². The summed E-state index contributed by atoms with van der Waals surface area (Å²) in [6.07, 6.45) is 1.74. The maximum atomic E-state index is 11.5. The maximum Gasteiger partial charge on any atom is 0.295 e. The Labute approximate surface area is 99.4 Å². The first-order chi connectivity index (χ1) is 8.18. The zero-order valence-electron chi connectivity index (χ0n) is 9.77. The molecule has 1 atom stereocenters. The molecular formula is C13H13N3O. The number of anilines is 1. The van der Waals surface area contributed by atoms with Crippen molar-refractivity contribution >= 4 is 11.6 Å². The van der Waals surface area contributed by atoms with Crippen LogP contribution in [-0.4, -0.2) is 5.91 Å². The minimum atomic E-state index is -0.233. The van der Waals surface area contributed by atoms with Crippen molar-refractivity contribution in [3.63, 3.8) is 0 Å². The largest absolute Gasteiger partial charge is 0.361 e. The van der Waals surface area contributed by atoms with Gasteiger partial charge in [-0.2, -0.15) is 5.11 Å². The molecule has 2 aliphatic heterocycles. The molecule has 0 saturated heterocycles. The summed E-state index contributed by atoms with van der Waals surface area (Å²) >= 11 is 0. The van der Waals surface area contributed by atoms with Gasteiger partial charge < -0.3 is 5.32 Å². The Hall–Kier alpha value is -1.97. The summed E-state index contributed by atoms with van der Waals surface area (Å²) in [6, 6.07) is 5.90. The minimum absolute atomic E-state index is 0.211. The number of benzene rings is 1. The summed E-state index contributed by atoms with van der Waals surface area (Å²) in [6.45, 7) is 4.30. The van der Waals surface area contributed by atoms with E-state index in [1.807, 2.05) is 12.1 Å². The van der Waals surface area contributed by atoms with E-state index >= 15 is 0 Å². The summed E-state index contributed by atoms with van der Waals surface area (Å²) < 4.78 is 0. The van der Waals surface area contributed by atoms with E-state index in [1.165, 1.54) is 5.56 Å². The fourth-order valence-corrected chi connectivity index (χ4v) is 2.33. The Kier molecular flexibility index (Phi) is 2.11. The summed E-state index contributed by atoms with van der Waals surface area (Å²) in [5, 5.41) is 10.9. The molecule has 1 aromatic carbocycles. The van der Waals surface area contributed by atoms with E-state index in [-0.39, 0.29) is 11.9 Å². The van der Waals surface area contributed by atoms with Crippen molar-refractivity contribution in [2.45, 2.75) is 25.8 Å². The fraction of sp³-hybridized carbons (Fsp3) is 0.308. The molecule has 0 bridgehead atoms. The predicted octanol–water partition coefficient (Wildman–Crippen LogP) is 3.15. The molecule has 1 N–H and O–H groups in total. The third kappa shape index (κ3) is 1.40. The van der Waals surface area contributed by atoms with Crippen molar-refractivity contribution in [1.29, 1.82) is 0 Å². The molecule has 2 heterocycles. The zero-order chi connectivity index (χ0) is 12.0. The Bertz CT molecular complexity index is 558. The predicted molar refractivity (Wildman–Crippen MR) is 64.8 cm³/mol. The number of nitrogens with zero attached hydrogens (tertiary/aromatic N) is 2. The minimum Gasteiger partial charge on any atom is -0.361 e. The molecule has 0 aliphatic carbocycles. The van der Waals surface area contributed by atoms with Gasteiger partial charge in [0.25, 0.3) is 5.91 Å². The Balaban J connectivity index is 2.15. The highest BCUT2D eigenvalue weighted by Gasteiger charge is 2.33. The molecule has 4 nitrogen and oxygen atoms in total. The van der Waals surface area contributed by atoms with Gasteiger partial charge in [0.2, 0.25) is 0 Å². The SMILES string of the molecule is CC(C)c1cccc2c1NC=C1C(=O)N=NC12. The second-order valence-corrected chi connectivity index (χ2v) is 4.63. The van der Waals surface area contributed by atoms with Crippen molar-refractivity contribution in [1.82, 2.24) is 0 Å². The van der Waals surface area contributed by atoms with Crippen molar-refractivity contribution < 1.29 is 4.79 Å². The number of carbonyl (C=O) groups excluding carboxylic acids is 1. The summed E-state index contributed by atoms with van der Waals surface area (Å²) in [5.41, 5.74) is 4.00. The smallest absolute Gasteiger partial charge is 0.295 e. The summed E-state index contributed by atoms with van der Waals surface area (Å²) in [7, 11) is 0. The average Bonchev–Trinajstić information content (AvgIpc) is 2.70. The van der Waals surface area contributed by atoms with Crippen LogP contribution in [0.5, 0.6) is 0 Å². The van der Waals surface area contributed by atoms with Crippen LogP contribution in [0.15, 0.2) is 40.2 Å². The van der Waals surface area contributed by atoms with E-state index in [9.17, 15) is 4.79 Å². The van der Waals surface area contributed by atoms with Crippen molar-refractivity contribution in [2.24, 2.45) is 10.2 Å². The Morgan fingerprint density at radius 1 is 1.35 bits per heavy atom. The number of nitrogens with one attached hydrogen (secondary N) is 1. The van der Waals surface area contributed by atoms with Gasteiger partial charge in [-0.05, 0) is 11.5 Å². The molecule has 1 amide bonds. The van der Waals surface area contributed by atoms with E-state index in [1.54, 1.807) is 6.20 Å². The lowest BCUT2D eigenvalue weighted by Crippen LogP contribution is -2.13. The van der Waals surface area contributed by atoms with E-state index in [4.69, 9.17) is 0 Å². The lowest BCUT2D eigenvalue weighted by atomic mass is 9.90. The number of hydrogen-bond acceptors (Lipinski definition) is 3. The topological polar surface area (TPSA) is 53.8 Å². The van der Waals surface area contributed by atoms with Gasteiger partial charge in [0.1, 0.15) is 6.04 Å². The molecule has 0 fully saturated rings. The molecule has 0 aromatic heterocycles. The van der Waals surface area contributed by atoms with Crippen LogP contribution in [0.3, 0.4) is 0 Å². The van der Waals surface area contributed by atoms with Gasteiger partial charge in [-0.25, -0.2) is 0 Å². The Morgan fingerprint density at radius 3 is 2.94 bits per heavy atom. The molecule has 0 spiro atoms. The van der Waals surface area contributed by atoms with Crippen molar-refractivity contribution in [2.75, 3.05) is 5.32 Å². The van der Waals surface area contributed by atoms with Gasteiger partial charge in [-0.3, -0.25) is 4.79 Å². The molecule has 1 aromatic rings. The third-order valence-corrected chi connectivity index (χ3v) is 3.22. The van der Waals surface area contributed by atoms with E-state index in [0.717, 1.165) is 11.3 Å². The highest BCUT2D eigenvalue weighted by Crippen LogP contribution is 2.42. The normalized spacial score (nSPS) is 21.0. The second kappa shape index (κ2) is 3.52. The standard InChI is InChI=1S/C13H13N3O/c1-7(2)8-4-3-5-9-11(8)14-6-10-12(9)15-16-13(10)17/h3-7,12,14H,1-2H3. The molecule has 0 radical (unpaired) electrons. The van der Waals surface area contributed by atoms with Gasteiger partial charge >= 0.3 is 0 Å². The van der Waals surface area contributed by atoms with Gasteiger partial charge in [0.05, 0.1) is 5.57 Å². The molecule has 0 saturated carbocycles. The lowest BCUT2D eigenvalue weighted by molar-refractivity contribution is -0.114. The number of fused-ring (bicyclic) bond motifs is 3. The lowest BCUT2D eigenvalue weighted by Gasteiger charge is -2.23. The van der Waals surface area contributed by atoms with Crippen molar-refractivity contribution in [3.05, 3.63) is 41.1 Å². The first-order valence-corrected chi connectivity index (χ1v) is 5.73. The quantitative estimate of drug-likeness (QED) is 0.801. The average molecular weight is 227 g/mol. The molecule has 1 unspecified atom stereocenters. The monoisotopic (exact) mass is 227 g/mol. The van der Waals surface area contributed by atoms with Gasteiger partial charge in [0.15, 0.2) is 0 Å². The molecular weight excluding hydrogens is 214 g/mol. The van der Waals surface area contributed by atoms with Crippen LogP contribution in [0.2, 0.25) is 0 Å². The van der Waals surface area contributed by atoms with Crippen LogP contribution in [-0.2, 0) is 4.79 Å². The Morgan fingerprint density at radius 2 is 2.18 bits per heavy atom. The molecule has 17 heavy (non-hydrogen) atoms. The highest BCUT2D eigenvalue weighted by molar-refractivity contribution is 5.98. The molecule has 2 aliphatic rings. The first-order valence-electron chi connectivity index (χ1n) is 5.73. The fourth-order valence-electron chi connectivity index (χ4n) is 2.33. The number of carbonyl (C=O) groups is 1. The number of azo groups is 1. The summed E-state index contributed by atoms with van der Waals surface area (Å²) in [5.74, 6) is 0.199. The number of para-hydroxylation sites is 1. The van der Waals surface area contributed by atoms with E-state index < -0.39 is 0 Å². The first kappa shape index (κ1) is 10.2. The third-order valence-electron chi connectivity index (χ3n) is 3.22. The number of hydrogen-bond donors (Lipinski definition) is 1. The van der Waals surface area contributed by atoms with Gasteiger partial charge in [0, 0.05) is 17.5 Å². The van der Waals surface area contributed by atoms with Crippen LogP contribution in [0.25, 0.3) is 0 Å². The van der Waals surface area contributed by atoms with E-state index in [0.29, 0.717) is 11.5 Å². The van der Waals surface area contributed by atoms with Crippen LogP contribution < -0.4 is 5.32 Å². The van der Waals surface area contributed by atoms with E-state index in [2.05, 4.69) is 35.5 Å². The maximum absolute atomic E-state index is 11.5. The second-order valence-electron chi connectivity index (χ2n) is 4.63. The summed E-state index contributed by atoms with van der Waals surface area (Å²) in [4.78, 5) is 11.5. The zero-order valence-corrected chi connectivity index (χ0v) is 9.77. The van der Waals surface area contributed by atoms with Crippen LogP contribution >= 0.6 is 0 Å². The van der Waals surface area contributed by atoms with Gasteiger partial charge in [-0.1, -0.05) is 32.0 Å². The van der Waals surface area contributed by atoms with Crippen LogP contribution in [0.4, 0.5) is 5.69 Å². The number of amides is 1. The molecule has 86 valence electrons. The van der Waals surface area contributed by atoms with Crippen LogP contribution in [0.1, 0.15) is 36.9 Å². The number of rotatable bonds is 1. The molecule has 3 rings (SSSR count). The van der Waals surface area contributed by atoms with Crippen LogP contribution in [0, 0.1) is 0 Å².